The molecule has 3 aliphatic rings. The molecule has 31 heavy (non-hydrogen) atoms. The first kappa shape index (κ1) is 21.1. The highest BCUT2D eigenvalue weighted by Crippen LogP contribution is 2.32. The smallest absolute Gasteiger partial charge is 0.251 e. The van der Waals surface area contributed by atoms with Gasteiger partial charge in [-0.15, -0.1) is 0 Å². The normalized spacial score (nSPS) is 23.3. The molecule has 8 heteroatoms. The Morgan fingerprint density at radius 2 is 1.81 bits per heavy atom. The number of carbonyl (C=O) groups is 4. The molecule has 1 saturated heterocycles. The van der Waals surface area contributed by atoms with Gasteiger partial charge in [-0.2, -0.15) is 0 Å². The molecule has 1 aliphatic heterocycles. The zero-order chi connectivity index (χ0) is 21.8. The lowest BCUT2D eigenvalue weighted by Crippen LogP contribution is -2.59. The highest BCUT2D eigenvalue weighted by molar-refractivity contribution is 6.05. The van der Waals surface area contributed by atoms with Crippen LogP contribution in [0.25, 0.3) is 0 Å². The maximum Gasteiger partial charge on any atom is 0.251 e. The van der Waals surface area contributed by atoms with Gasteiger partial charge in [0.1, 0.15) is 0 Å². The van der Waals surface area contributed by atoms with E-state index in [0.29, 0.717) is 24.1 Å². The molecule has 4 amide bonds. The predicted octanol–water partition coefficient (Wildman–Crippen LogP) is 1.83. The first-order chi connectivity index (χ1) is 15.0. The van der Waals surface area contributed by atoms with Crippen molar-refractivity contribution >= 4 is 29.3 Å². The number of benzene rings is 1. The number of carbonyl (C=O) groups excluding carboxylic acids is 4. The molecule has 1 aromatic rings. The average Bonchev–Trinajstić information content (AvgIpc) is 3.29. The van der Waals surface area contributed by atoms with Gasteiger partial charge in [0.25, 0.3) is 5.91 Å². The van der Waals surface area contributed by atoms with Crippen LogP contribution in [0, 0.1) is 11.8 Å². The van der Waals surface area contributed by atoms with E-state index in [0.717, 1.165) is 25.7 Å². The largest absolute Gasteiger partial charge is 0.353 e. The minimum absolute atomic E-state index is 0.0568. The number of hydrogen-bond donors (Lipinski definition) is 3. The molecule has 2 fully saturated rings. The minimum Gasteiger partial charge on any atom is -0.353 e. The van der Waals surface area contributed by atoms with Crippen molar-refractivity contribution in [2.24, 2.45) is 11.8 Å². The number of hydrogen-bond acceptors (Lipinski definition) is 4. The van der Waals surface area contributed by atoms with Gasteiger partial charge in [0.05, 0.1) is 17.5 Å². The zero-order valence-corrected chi connectivity index (χ0v) is 17.4. The number of hydrazine groups is 1. The van der Waals surface area contributed by atoms with Crippen LogP contribution in [0.2, 0.25) is 0 Å². The fourth-order valence-corrected chi connectivity index (χ4v) is 4.53. The van der Waals surface area contributed by atoms with E-state index in [1.165, 1.54) is 5.01 Å². The number of nitrogens with zero attached hydrogens (tertiary/aromatic N) is 1. The van der Waals surface area contributed by atoms with Gasteiger partial charge in [0, 0.05) is 24.6 Å². The predicted molar refractivity (Wildman–Crippen MR) is 115 cm³/mol. The Hall–Kier alpha value is -3.16. The molecule has 2 aliphatic carbocycles. The first-order valence-corrected chi connectivity index (χ1v) is 11.0. The maximum absolute atomic E-state index is 12.9. The second-order valence-electron chi connectivity index (χ2n) is 8.41. The number of allylic oxidation sites excluding steroid dienone is 2. The third-order valence-electron chi connectivity index (χ3n) is 6.25. The van der Waals surface area contributed by atoms with Crippen molar-refractivity contribution in [3.63, 3.8) is 0 Å². The van der Waals surface area contributed by atoms with Gasteiger partial charge in [0.15, 0.2) is 0 Å². The Balaban J connectivity index is 1.34. The summed E-state index contributed by atoms with van der Waals surface area (Å²) in [6.07, 6.45) is 9.53. The Morgan fingerprint density at radius 1 is 1.06 bits per heavy atom. The van der Waals surface area contributed by atoms with E-state index in [1.54, 1.807) is 24.3 Å². The van der Waals surface area contributed by atoms with Crippen molar-refractivity contribution in [1.29, 1.82) is 0 Å². The van der Waals surface area contributed by atoms with E-state index in [4.69, 9.17) is 0 Å². The molecule has 1 heterocycles. The molecule has 4 rings (SSSR count). The molecule has 0 bridgehead atoms. The van der Waals surface area contributed by atoms with E-state index in [9.17, 15) is 19.2 Å². The molecule has 0 radical (unpaired) electrons. The number of amides is 4. The van der Waals surface area contributed by atoms with E-state index in [-0.39, 0.29) is 54.5 Å². The van der Waals surface area contributed by atoms with Crippen molar-refractivity contribution in [2.75, 3.05) is 11.6 Å². The molecule has 164 valence electrons. The van der Waals surface area contributed by atoms with E-state index < -0.39 is 0 Å². The summed E-state index contributed by atoms with van der Waals surface area (Å²) >= 11 is 0. The van der Waals surface area contributed by atoms with E-state index in [1.807, 2.05) is 12.2 Å². The first-order valence-electron chi connectivity index (χ1n) is 11.0. The summed E-state index contributed by atoms with van der Waals surface area (Å²) < 4.78 is 0. The zero-order valence-electron chi connectivity index (χ0n) is 17.4. The van der Waals surface area contributed by atoms with Crippen molar-refractivity contribution in [1.82, 2.24) is 16.1 Å². The highest BCUT2D eigenvalue weighted by Gasteiger charge is 2.42. The second kappa shape index (κ2) is 9.32. The van der Waals surface area contributed by atoms with Crippen LogP contribution >= 0.6 is 0 Å². The Labute approximate surface area is 181 Å². The van der Waals surface area contributed by atoms with Crippen molar-refractivity contribution in [3.8, 4) is 0 Å². The molecule has 1 aromatic carbocycles. The van der Waals surface area contributed by atoms with Crippen LogP contribution in [0.4, 0.5) is 5.69 Å². The maximum atomic E-state index is 12.9. The van der Waals surface area contributed by atoms with Gasteiger partial charge in [-0.25, -0.2) is 5.01 Å². The van der Waals surface area contributed by atoms with E-state index in [2.05, 4.69) is 16.1 Å². The Morgan fingerprint density at radius 3 is 2.58 bits per heavy atom. The number of nitrogens with one attached hydrogen (secondary N) is 3. The van der Waals surface area contributed by atoms with Crippen LogP contribution in [0.3, 0.4) is 0 Å². The van der Waals surface area contributed by atoms with Gasteiger partial charge < -0.3 is 10.6 Å². The summed E-state index contributed by atoms with van der Waals surface area (Å²) in [6.45, 7) is 0.233. The standard InChI is InChI=1S/C23H28N4O4/c28-20(25-16-7-1-2-8-16)12-13-24-21(29)15-6-5-9-17(14-15)27-23(31)19-11-4-3-10-18(19)22(30)26-27/h3-6,9,14,16,18-19H,1-2,7-8,10-13H2,(H,24,29)(H,25,28)(H,26,30). The van der Waals surface area contributed by atoms with Crippen LogP contribution in [0.15, 0.2) is 36.4 Å². The summed E-state index contributed by atoms with van der Waals surface area (Å²) in [5.74, 6) is -1.46. The monoisotopic (exact) mass is 424 g/mol. The third kappa shape index (κ3) is 4.78. The molecule has 8 nitrogen and oxygen atoms in total. The lowest BCUT2D eigenvalue weighted by atomic mass is 9.80. The van der Waals surface area contributed by atoms with E-state index >= 15 is 0 Å². The summed E-state index contributed by atoms with van der Waals surface area (Å²) in [5, 5.41) is 6.99. The molecule has 2 atom stereocenters. The molecular formula is C23H28N4O4. The number of rotatable bonds is 6. The topological polar surface area (TPSA) is 108 Å². The average molecular weight is 425 g/mol. The minimum atomic E-state index is -0.380. The molecule has 3 N–H and O–H groups in total. The molecule has 2 unspecified atom stereocenters. The van der Waals surface area contributed by atoms with Crippen molar-refractivity contribution < 1.29 is 19.2 Å². The van der Waals surface area contributed by atoms with Crippen LogP contribution in [0.1, 0.15) is 55.3 Å². The molecular weight excluding hydrogens is 396 g/mol. The lowest BCUT2D eigenvalue weighted by molar-refractivity contribution is -0.139. The highest BCUT2D eigenvalue weighted by atomic mass is 16.2. The van der Waals surface area contributed by atoms with Crippen LogP contribution in [0.5, 0.6) is 0 Å². The lowest BCUT2D eigenvalue weighted by Gasteiger charge is -2.38. The molecule has 1 saturated carbocycles. The second-order valence-corrected chi connectivity index (χ2v) is 8.41. The number of fused-ring (bicyclic) bond motifs is 1. The summed E-state index contributed by atoms with van der Waals surface area (Å²) in [7, 11) is 0. The summed E-state index contributed by atoms with van der Waals surface area (Å²) in [4.78, 5) is 49.9. The van der Waals surface area contributed by atoms with Crippen LogP contribution in [-0.2, 0) is 14.4 Å². The Kier molecular flexibility index (Phi) is 6.34. The quantitative estimate of drug-likeness (QED) is 0.606. The molecule has 0 spiro atoms. The number of anilines is 1. The van der Waals surface area contributed by atoms with Gasteiger partial charge in [-0.3, -0.25) is 24.6 Å². The van der Waals surface area contributed by atoms with Crippen molar-refractivity contribution in [2.45, 2.75) is 51.0 Å². The van der Waals surface area contributed by atoms with Gasteiger partial charge in [0.2, 0.25) is 17.7 Å². The van der Waals surface area contributed by atoms with Gasteiger partial charge in [-0.05, 0) is 43.9 Å². The fraction of sp³-hybridized carbons (Fsp3) is 0.478. The van der Waals surface area contributed by atoms with Crippen LogP contribution < -0.4 is 21.1 Å². The van der Waals surface area contributed by atoms with Crippen LogP contribution in [-0.4, -0.2) is 36.2 Å². The van der Waals surface area contributed by atoms with Gasteiger partial charge in [-0.1, -0.05) is 31.1 Å². The fourth-order valence-electron chi connectivity index (χ4n) is 4.53. The molecule has 0 aromatic heterocycles. The Bertz CT molecular complexity index is 907. The SMILES string of the molecule is O=C(CCNC(=O)c1cccc(N2NC(=O)C3CC=CCC3C2=O)c1)NC1CCCC1. The van der Waals surface area contributed by atoms with Gasteiger partial charge >= 0.3 is 0 Å². The summed E-state index contributed by atoms with van der Waals surface area (Å²) in [6, 6.07) is 6.83. The summed E-state index contributed by atoms with van der Waals surface area (Å²) in [5.41, 5.74) is 3.47. The van der Waals surface area contributed by atoms with Crippen molar-refractivity contribution in [3.05, 3.63) is 42.0 Å². The third-order valence-corrected chi connectivity index (χ3v) is 6.25.